The molecule has 80 valence electrons. The third-order valence-corrected chi connectivity index (χ3v) is 3.30. The van der Waals surface area contributed by atoms with E-state index in [1.807, 2.05) is 11.4 Å². The first kappa shape index (κ1) is 10.8. The van der Waals surface area contributed by atoms with Crippen LogP contribution in [0.1, 0.15) is 6.92 Å². The summed E-state index contributed by atoms with van der Waals surface area (Å²) in [6.45, 7) is 3.06. The third-order valence-electron chi connectivity index (χ3n) is 2.11. The van der Waals surface area contributed by atoms with Crippen molar-refractivity contribution in [1.82, 2.24) is 9.97 Å². The SMILES string of the molecule is CC(Br)CN(C)c1ncnc2ccsc12. The maximum atomic E-state index is 4.34. The molecule has 2 rings (SSSR count). The lowest BCUT2D eigenvalue weighted by molar-refractivity contribution is 0.863. The first-order valence-electron chi connectivity index (χ1n) is 4.72. The van der Waals surface area contributed by atoms with Crippen LogP contribution in [0.3, 0.4) is 0 Å². The molecule has 0 amide bonds. The highest BCUT2D eigenvalue weighted by atomic mass is 79.9. The van der Waals surface area contributed by atoms with E-state index < -0.39 is 0 Å². The quantitative estimate of drug-likeness (QED) is 0.812. The van der Waals surface area contributed by atoms with Crippen LogP contribution in [0.25, 0.3) is 10.2 Å². The minimum Gasteiger partial charge on any atom is -0.357 e. The van der Waals surface area contributed by atoms with Gasteiger partial charge in [-0.2, -0.15) is 0 Å². The van der Waals surface area contributed by atoms with Gasteiger partial charge in [-0.1, -0.05) is 22.9 Å². The van der Waals surface area contributed by atoms with E-state index in [2.05, 4.69) is 44.8 Å². The Balaban J connectivity index is 2.38. The summed E-state index contributed by atoms with van der Waals surface area (Å²) in [6.07, 6.45) is 1.62. The van der Waals surface area contributed by atoms with Gasteiger partial charge in [0.2, 0.25) is 0 Å². The van der Waals surface area contributed by atoms with Gasteiger partial charge in [0.05, 0.1) is 10.2 Å². The molecule has 5 heteroatoms. The summed E-state index contributed by atoms with van der Waals surface area (Å²) in [5.41, 5.74) is 1.03. The number of rotatable bonds is 3. The second-order valence-corrected chi connectivity index (χ2v) is 5.97. The van der Waals surface area contributed by atoms with E-state index >= 15 is 0 Å². The van der Waals surface area contributed by atoms with E-state index in [-0.39, 0.29) is 0 Å². The topological polar surface area (TPSA) is 29.0 Å². The summed E-state index contributed by atoms with van der Waals surface area (Å²) in [6, 6.07) is 2.02. The lowest BCUT2D eigenvalue weighted by Crippen LogP contribution is -2.24. The number of aromatic nitrogens is 2. The average Bonchev–Trinajstić information content (AvgIpc) is 2.63. The van der Waals surface area contributed by atoms with E-state index in [0.717, 1.165) is 22.6 Å². The molecule has 2 heterocycles. The summed E-state index contributed by atoms with van der Waals surface area (Å²) in [5.74, 6) is 1.02. The monoisotopic (exact) mass is 285 g/mol. The van der Waals surface area contributed by atoms with Crippen LogP contribution in [0.4, 0.5) is 5.82 Å². The summed E-state index contributed by atoms with van der Waals surface area (Å²) in [4.78, 5) is 11.2. The molecule has 3 nitrogen and oxygen atoms in total. The van der Waals surface area contributed by atoms with Crippen molar-refractivity contribution in [2.45, 2.75) is 11.8 Å². The lowest BCUT2D eigenvalue weighted by Gasteiger charge is -2.19. The van der Waals surface area contributed by atoms with Gasteiger partial charge in [0, 0.05) is 18.4 Å². The van der Waals surface area contributed by atoms with Crippen LogP contribution in [-0.2, 0) is 0 Å². The highest BCUT2D eigenvalue weighted by molar-refractivity contribution is 9.09. The van der Waals surface area contributed by atoms with E-state index in [4.69, 9.17) is 0 Å². The van der Waals surface area contributed by atoms with E-state index in [1.165, 1.54) is 0 Å². The fourth-order valence-corrected chi connectivity index (χ4v) is 2.83. The van der Waals surface area contributed by atoms with Gasteiger partial charge >= 0.3 is 0 Å². The number of nitrogens with zero attached hydrogens (tertiary/aromatic N) is 3. The molecule has 0 spiro atoms. The Kier molecular flexibility index (Phi) is 3.21. The first-order chi connectivity index (χ1) is 7.18. The maximum absolute atomic E-state index is 4.34. The predicted octanol–water partition coefficient (Wildman–Crippen LogP) is 2.91. The fourth-order valence-electron chi connectivity index (χ4n) is 1.51. The zero-order valence-corrected chi connectivity index (χ0v) is 11.0. The molecule has 0 aliphatic heterocycles. The number of halogens is 1. The predicted molar refractivity (Wildman–Crippen MR) is 69.1 cm³/mol. The molecule has 2 aromatic rings. The van der Waals surface area contributed by atoms with Crippen molar-refractivity contribution < 1.29 is 0 Å². The largest absolute Gasteiger partial charge is 0.357 e. The Morgan fingerprint density at radius 2 is 2.33 bits per heavy atom. The Labute approximate surface area is 101 Å². The van der Waals surface area contributed by atoms with Gasteiger partial charge in [0.15, 0.2) is 0 Å². The van der Waals surface area contributed by atoms with Crippen molar-refractivity contribution in [1.29, 1.82) is 0 Å². The third kappa shape index (κ3) is 2.29. The minimum atomic E-state index is 0.451. The van der Waals surface area contributed by atoms with Crippen LogP contribution in [0.15, 0.2) is 17.8 Å². The number of hydrogen-bond donors (Lipinski definition) is 0. The van der Waals surface area contributed by atoms with Crippen molar-refractivity contribution in [2.75, 3.05) is 18.5 Å². The van der Waals surface area contributed by atoms with Gasteiger partial charge in [-0.05, 0) is 11.4 Å². The number of anilines is 1. The zero-order valence-electron chi connectivity index (χ0n) is 8.64. The molecule has 0 aliphatic carbocycles. The van der Waals surface area contributed by atoms with Crippen LogP contribution >= 0.6 is 27.3 Å². The molecular formula is C10H12BrN3S. The summed E-state index contributed by atoms with van der Waals surface area (Å²) < 4.78 is 1.16. The summed E-state index contributed by atoms with van der Waals surface area (Å²) in [7, 11) is 2.05. The molecule has 1 unspecified atom stereocenters. The minimum absolute atomic E-state index is 0.451. The molecule has 1 atom stereocenters. The Bertz CT molecular complexity index is 455. The van der Waals surface area contributed by atoms with Crippen molar-refractivity contribution in [3.8, 4) is 0 Å². The van der Waals surface area contributed by atoms with Crippen molar-refractivity contribution in [3.05, 3.63) is 17.8 Å². The maximum Gasteiger partial charge on any atom is 0.149 e. The fraction of sp³-hybridized carbons (Fsp3) is 0.400. The average molecular weight is 286 g/mol. The van der Waals surface area contributed by atoms with E-state index in [1.54, 1.807) is 17.7 Å². The molecule has 0 aliphatic rings. The number of hydrogen-bond acceptors (Lipinski definition) is 4. The standard InChI is InChI=1S/C10H12BrN3S/c1-7(11)5-14(2)10-9-8(3-4-15-9)12-6-13-10/h3-4,6-7H,5H2,1-2H3. The molecule has 0 aromatic carbocycles. The van der Waals surface area contributed by atoms with Crippen LogP contribution in [0, 0.1) is 0 Å². The summed E-state index contributed by atoms with van der Waals surface area (Å²) >= 11 is 5.23. The molecule has 0 bridgehead atoms. The van der Waals surface area contributed by atoms with Gasteiger partial charge in [-0.15, -0.1) is 11.3 Å². The lowest BCUT2D eigenvalue weighted by atomic mass is 10.4. The molecule has 2 aromatic heterocycles. The molecule has 15 heavy (non-hydrogen) atoms. The van der Waals surface area contributed by atoms with E-state index in [9.17, 15) is 0 Å². The first-order valence-corrected chi connectivity index (χ1v) is 6.51. The normalized spacial score (nSPS) is 13.0. The second-order valence-electron chi connectivity index (χ2n) is 3.49. The zero-order chi connectivity index (χ0) is 10.8. The van der Waals surface area contributed by atoms with Gasteiger partial charge in [0.1, 0.15) is 12.1 Å². The molecule has 0 saturated heterocycles. The Morgan fingerprint density at radius 3 is 3.07 bits per heavy atom. The number of thiophene rings is 1. The van der Waals surface area contributed by atoms with Crippen LogP contribution < -0.4 is 4.90 Å². The van der Waals surface area contributed by atoms with Gasteiger partial charge < -0.3 is 4.90 Å². The van der Waals surface area contributed by atoms with Gasteiger partial charge in [0.25, 0.3) is 0 Å². The molecule has 0 radical (unpaired) electrons. The molecule has 0 fully saturated rings. The van der Waals surface area contributed by atoms with Crippen LogP contribution in [0.5, 0.6) is 0 Å². The smallest absolute Gasteiger partial charge is 0.149 e. The highest BCUT2D eigenvalue weighted by Crippen LogP contribution is 2.27. The second kappa shape index (κ2) is 4.45. The van der Waals surface area contributed by atoms with Gasteiger partial charge in [-0.3, -0.25) is 0 Å². The molecule has 0 saturated carbocycles. The number of alkyl halides is 1. The van der Waals surface area contributed by atoms with Crippen molar-refractivity contribution in [3.63, 3.8) is 0 Å². The molecular weight excluding hydrogens is 274 g/mol. The van der Waals surface area contributed by atoms with Crippen molar-refractivity contribution in [2.24, 2.45) is 0 Å². The van der Waals surface area contributed by atoms with Crippen LogP contribution in [-0.4, -0.2) is 28.4 Å². The Hall–Kier alpha value is -0.680. The van der Waals surface area contributed by atoms with Crippen LogP contribution in [0.2, 0.25) is 0 Å². The van der Waals surface area contributed by atoms with Crippen molar-refractivity contribution >= 4 is 43.3 Å². The Morgan fingerprint density at radius 1 is 1.53 bits per heavy atom. The molecule has 0 N–H and O–H groups in total. The van der Waals surface area contributed by atoms with Gasteiger partial charge in [-0.25, -0.2) is 9.97 Å². The van der Waals surface area contributed by atoms with E-state index in [0.29, 0.717) is 4.83 Å². The number of fused-ring (bicyclic) bond motifs is 1. The summed E-state index contributed by atoms with van der Waals surface area (Å²) in [5, 5.41) is 2.05. The highest BCUT2D eigenvalue weighted by Gasteiger charge is 2.10.